The molecule has 0 bridgehead atoms. The maximum absolute atomic E-state index is 13.0. The summed E-state index contributed by atoms with van der Waals surface area (Å²) >= 11 is 0. The molecule has 2 aromatic rings. The number of nitrogens with zero attached hydrogens (tertiary/aromatic N) is 2. The highest BCUT2D eigenvalue weighted by Crippen LogP contribution is 2.39. The molecule has 0 spiro atoms. The number of carbonyl (C=O) groups excluding carboxylic acids is 2. The lowest BCUT2D eigenvalue weighted by atomic mass is 9.95. The average molecular weight is 439 g/mol. The first kappa shape index (κ1) is 23.3. The Morgan fingerprint density at radius 2 is 1.66 bits per heavy atom. The molecule has 1 aliphatic rings. The number of ether oxygens (including phenoxy) is 2. The van der Waals surface area contributed by atoms with Crippen LogP contribution in [0.2, 0.25) is 0 Å². The molecule has 0 radical (unpaired) electrons. The van der Waals surface area contributed by atoms with Crippen LogP contribution in [0.4, 0.5) is 0 Å². The van der Waals surface area contributed by atoms with E-state index in [1.165, 1.54) is 4.90 Å². The van der Waals surface area contributed by atoms with E-state index in [1.54, 1.807) is 31.4 Å². The second-order valence-corrected chi connectivity index (χ2v) is 7.94. The van der Waals surface area contributed by atoms with E-state index in [1.807, 2.05) is 50.2 Å². The van der Waals surface area contributed by atoms with Crippen LogP contribution in [0.5, 0.6) is 11.5 Å². The number of carbonyl (C=O) groups is 2. The molecule has 0 unspecified atom stereocenters. The number of aliphatic hydroxyl groups excluding tert-OH is 1. The Morgan fingerprint density at radius 3 is 2.22 bits per heavy atom. The van der Waals surface area contributed by atoms with Gasteiger partial charge in [0.05, 0.1) is 25.3 Å². The van der Waals surface area contributed by atoms with Crippen molar-refractivity contribution in [3.8, 4) is 11.5 Å². The molecule has 1 saturated heterocycles. The number of hydrogen-bond donors (Lipinski definition) is 1. The maximum Gasteiger partial charge on any atom is 0.295 e. The normalized spacial score (nSPS) is 17.8. The van der Waals surface area contributed by atoms with Gasteiger partial charge in [0.1, 0.15) is 17.3 Å². The molecule has 170 valence electrons. The number of likely N-dealkylation sites (N-methyl/N-ethyl adjacent to an activating group) is 1. The second kappa shape index (κ2) is 10.3. The zero-order valence-corrected chi connectivity index (χ0v) is 19.0. The van der Waals surface area contributed by atoms with Crippen LogP contribution >= 0.6 is 0 Å². The Hall–Kier alpha value is -3.32. The molecule has 1 atom stereocenters. The van der Waals surface area contributed by atoms with E-state index in [2.05, 4.69) is 0 Å². The van der Waals surface area contributed by atoms with Gasteiger partial charge in [-0.25, -0.2) is 0 Å². The smallest absolute Gasteiger partial charge is 0.295 e. The van der Waals surface area contributed by atoms with Gasteiger partial charge < -0.3 is 24.4 Å². The van der Waals surface area contributed by atoms with Crippen LogP contribution in [-0.2, 0) is 9.59 Å². The van der Waals surface area contributed by atoms with Crippen molar-refractivity contribution in [2.45, 2.75) is 19.4 Å². The molecule has 0 aliphatic carbocycles. The van der Waals surface area contributed by atoms with Crippen molar-refractivity contribution in [1.29, 1.82) is 0 Å². The highest BCUT2D eigenvalue weighted by Gasteiger charge is 2.45. The summed E-state index contributed by atoms with van der Waals surface area (Å²) in [5.74, 6) is -0.149. The summed E-state index contributed by atoms with van der Waals surface area (Å²) in [6.07, 6.45) is 0.897. The van der Waals surface area contributed by atoms with Crippen LogP contribution in [0.1, 0.15) is 30.5 Å². The number of amides is 1. The van der Waals surface area contributed by atoms with E-state index >= 15 is 0 Å². The first-order chi connectivity index (χ1) is 15.4. The number of ketones is 1. The second-order valence-electron chi connectivity index (χ2n) is 7.94. The van der Waals surface area contributed by atoms with Gasteiger partial charge in [-0.1, -0.05) is 19.1 Å². The van der Waals surface area contributed by atoms with Crippen molar-refractivity contribution in [3.05, 3.63) is 65.2 Å². The number of rotatable bonds is 9. The molecule has 0 aromatic heterocycles. The molecule has 0 saturated carbocycles. The predicted molar refractivity (Wildman–Crippen MR) is 123 cm³/mol. The molecule has 7 heteroatoms. The third-order valence-corrected chi connectivity index (χ3v) is 5.36. The van der Waals surface area contributed by atoms with E-state index in [-0.39, 0.29) is 11.3 Å². The largest absolute Gasteiger partial charge is 0.507 e. The number of hydrogen-bond acceptors (Lipinski definition) is 6. The van der Waals surface area contributed by atoms with Gasteiger partial charge in [0, 0.05) is 18.7 Å². The van der Waals surface area contributed by atoms with Crippen LogP contribution in [0, 0.1) is 0 Å². The molecule has 1 amide bonds. The number of Topliss-reactive ketones (excluding diaryl/α,β-unsaturated/α-hetero) is 1. The zero-order chi connectivity index (χ0) is 23.3. The van der Waals surface area contributed by atoms with Crippen molar-refractivity contribution in [2.75, 3.05) is 40.9 Å². The molecular weight excluding hydrogens is 408 g/mol. The Labute approximate surface area is 188 Å². The number of methoxy groups -OCH3 is 1. The third kappa shape index (κ3) is 4.94. The van der Waals surface area contributed by atoms with Crippen LogP contribution in [0.15, 0.2) is 54.1 Å². The fraction of sp³-hybridized carbons (Fsp3) is 0.360. The molecule has 1 fully saturated rings. The summed E-state index contributed by atoms with van der Waals surface area (Å²) in [6, 6.07) is 13.4. The Balaban J connectivity index is 2.05. The molecule has 2 aromatic carbocycles. The average Bonchev–Trinajstić information content (AvgIpc) is 3.06. The highest BCUT2D eigenvalue weighted by molar-refractivity contribution is 6.46. The Bertz CT molecular complexity index is 980. The molecule has 3 rings (SSSR count). The van der Waals surface area contributed by atoms with Crippen molar-refractivity contribution in [1.82, 2.24) is 9.80 Å². The lowest BCUT2D eigenvalue weighted by Crippen LogP contribution is -2.35. The maximum atomic E-state index is 13.0. The third-order valence-electron chi connectivity index (χ3n) is 5.36. The van der Waals surface area contributed by atoms with Crippen LogP contribution in [0.25, 0.3) is 5.76 Å². The fourth-order valence-electron chi connectivity index (χ4n) is 3.64. The summed E-state index contributed by atoms with van der Waals surface area (Å²) in [7, 11) is 5.37. The van der Waals surface area contributed by atoms with Crippen LogP contribution in [-0.4, -0.2) is 67.5 Å². The first-order valence-electron chi connectivity index (χ1n) is 10.7. The van der Waals surface area contributed by atoms with Gasteiger partial charge in [-0.2, -0.15) is 0 Å². The fourth-order valence-corrected chi connectivity index (χ4v) is 3.64. The molecule has 7 nitrogen and oxygen atoms in total. The number of likely N-dealkylation sites (tertiary alicyclic amines) is 1. The highest BCUT2D eigenvalue weighted by atomic mass is 16.5. The zero-order valence-electron chi connectivity index (χ0n) is 19.0. The first-order valence-corrected chi connectivity index (χ1v) is 10.7. The van der Waals surface area contributed by atoms with E-state index in [0.717, 1.165) is 17.7 Å². The lowest BCUT2D eigenvalue weighted by molar-refractivity contribution is -0.140. The van der Waals surface area contributed by atoms with Gasteiger partial charge in [0.15, 0.2) is 0 Å². The predicted octanol–water partition coefficient (Wildman–Crippen LogP) is 3.47. The standard InChI is InChI=1S/C25H30N2O5/c1-5-16-32-20-12-6-17(7-13-20)22-21(23(28)18-8-10-19(31-4)11-9-18)24(29)25(30)27(22)15-14-26(2)3/h6-13,22,28H,5,14-16H2,1-4H3/b23-21+/t22-/m0/s1. The SMILES string of the molecule is CCCOc1ccc([C@H]2/C(=C(\O)c3ccc(OC)cc3)C(=O)C(=O)N2CCN(C)C)cc1. The number of benzene rings is 2. The summed E-state index contributed by atoms with van der Waals surface area (Å²) in [5.41, 5.74) is 1.27. The Morgan fingerprint density at radius 1 is 1.03 bits per heavy atom. The minimum absolute atomic E-state index is 0.0844. The molecule has 1 heterocycles. The van der Waals surface area contributed by atoms with E-state index in [9.17, 15) is 14.7 Å². The van der Waals surface area contributed by atoms with E-state index < -0.39 is 17.7 Å². The lowest BCUT2D eigenvalue weighted by Gasteiger charge is -2.26. The van der Waals surface area contributed by atoms with Gasteiger partial charge in [0.25, 0.3) is 11.7 Å². The molecular formula is C25H30N2O5. The van der Waals surface area contributed by atoms with Gasteiger partial charge in [0.2, 0.25) is 0 Å². The monoisotopic (exact) mass is 438 g/mol. The van der Waals surface area contributed by atoms with Gasteiger partial charge in [-0.15, -0.1) is 0 Å². The minimum Gasteiger partial charge on any atom is -0.507 e. The van der Waals surface area contributed by atoms with E-state index in [0.29, 0.717) is 31.0 Å². The van der Waals surface area contributed by atoms with Crippen LogP contribution in [0.3, 0.4) is 0 Å². The quantitative estimate of drug-likeness (QED) is 0.367. The summed E-state index contributed by atoms with van der Waals surface area (Å²) in [6.45, 7) is 3.59. The summed E-state index contributed by atoms with van der Waals surface area (Å²) in [5, 5.41) is 11.1. The Kier molecular flexibility index (Phi) is 7.53. The van der Waals surface area contributed by atoms with Gasteiger partial charge in [-0.05, 0) is 62.5 Å². The van der Waals surface area contributed by atoms with Crippen molar-refractivity contribution < 1.29 is 24.2 Å². The molecule has 1 N–H and O–H groups in total. The summed E-state index contributed by atoms with van der Waals surface area (Å²) < 4.78 is 10.8. The van der Waals surface area contributed by atoms with E-state index in [4.69, 9.17) is 9.47 Å². The molecule has 1 aliphatic heterocycles. The topological polar surface area (TPSA) is 79.3 Å². The summed E-state index contributed by atoms with van der Waals surface area (Å²) in [4.78, 5) is 29.4. The number of aliphatic hydroxyl groups is 1. The van der Waals surface area contributed by atoms with Crippen molar-refractivity contribution in [2.24, 2.45) is 0 Å². The van der Waals surface area contributed by atoms with Crippen molar-refractivity contribution in [3.63, 3.8) is 0 Å². The molecule has 32 heavy (non-hydrogen) atoms. The minimum atomic E-state index is -0.687. The van der Waals surface area contributed by atoms with Crippen molar-refractivity contribution >= 4 is 17.4 Å². The van der Waals surface area contributed by atoms with Gasteiger partial charge in [-0.3, -0.25) is 9.59 Å². The van der Waals surface area contributed by atoms with Gasteiger partial charge >= 0.3 is 0 Å². The van der Waals surface area contributed by atoms with Crippen LogP contribution < -0.4 is 9.47 Å².